The largest absolute Gasteiger partial charge is 0.367 e. The van der Waals surface area contributed by atoms with Crippen LogP contribution in [0, 0.1) is 0 Å². The normalized spacial score (nSPS) is 20.9. The predicted molar refractivity (Wildman–Crippen MR) is 144 cm³/mol. The van der Waals surface area contributed by atoms with Gasteiger partial charge in [-0.15, -0.1) is 24.8 Å². The van der Waals surface area contributed by atoms with E-state index in [-0.39, 0.29) is 42.7 Å². The number of hydrogen-bond donors (Lipinski definition) is 2. The lowest BCUT2D eigenvalue weighted by Gasteiger charge is -2.39. The zero-order valence-electron chi connectivity index (χ0n) is 19.5. The highest BCUT2D eigenvalue weighted by Crippen LogP contribution is 2.46. The molecule has 1 aromatic carbocycles. The van der Waals surface area contributed by atoms with Gasteiger partial charge in [0.05, 0.1) is 23.2 Å². The van der Waals surface area contributed by atoms with Crippen LogP contribution in [0.2, 0.25) is 5.02 Å². The summed E-state index contributed by atoms with van der Waals surface area (Å²) in [6, 6.07) is 7.99. The van der Waals surface area contributed by atoms with Crippen molar-refractivity contribution in [3.63, 3.8) is 0 Å². The van der Waals surface area contributed by atoms with Gasteiger partial charge in [0, 0.05) is 43.4 Å². The minimum absolute atomic E-state index is 0. The average molecular weight is 538 g/mol. The summed E-state index contributed by atoms with van der Waals surface area (Å²) in [6.07, 6.45) is 8.51. The molecule has 1 aliphatic carbocycles. The number of benzene rings is 1. The molecule has 1 amide bonds. The van der Waals surface area contributed by atoms with Gasteiger partial charge in [-0.2, -0.15) is 5.10 Å². The molecule has 188 valence electrons. The van der Waals surface area contributed by atoms with E-state index < -0.39 is 0 Å². The molecule has 0 unspecified atom stereocenters. The number of carbonyl (C=O) groups excluding carboxylic acids is 1. The number of amides is 1. The van der Waals surface area contributed by atoms with Crippen molar-refractivity contribution in [2.75, 3.05) is 37.6 Å². The topological polar surface area (TPSA) is 77.2 Å². The Morgan fingerprint density at radius 1 is 1.03 bits per heavy atom. The monoisotopic (exact) mass is 536 g/mol. The lowest BCUT2D eigenvalue weighted by Crippen LogP contribution is -2.52. The second-order valence-electron chi connectivity index (χ2n) is 9.51. The van der Waals surface area contributed by atoms with Crippen LogP contribution in [0.3, 0.4) is 0 Å². The van der Waals surface area contributed by atoms with Gasteiger partial charge in [0.1, 0.15) is 0 Å². The summed E-state index contributed by atoms with van der Waals surface area (Å²) in [5, 5.41) is 12.6. The standard InChI is InChI=1S/C25H29ClN6O.2ClH/c26-18-7-5-17(6-8-18)22(21-2-1-9-27-21)25(33)32-12-10-31(11-13-32)23-19(16-3-4-16)14-28-24-20(23)15-29-30-24;;/h5-8,14-16,21-22,27H,1-4,9-13H2,(H,28,29,30);2*1H/t21-,22-;;/m0../s1. The summed E-state index contributed by atoms with van der Waals surface area (Å²) in [5.41, 5.74) is 4.48. The maximum Gasteiger partial charge on any atom is 0.231 e. The van der Waals surface area contributed by atoms with Crippen molar-refractivity contribution in [2.24, 2.45) is 0 Å². The highest BCUT2D eigenvalue weighted by molar-refractivity contribution is 6.30. The third kappa shape index (κ3) is 5.10. The van der Waals surface area contributed by atoms with Crippen LogP contribution in [0.25, 0.3) is 11.0 Å². The van der Waals surface area contributed by atoms with Gasteiger partial charge >= 0.3 is 0 Å². The molecule has 35 heavy (non-hydrogen) atoms. The van der Waals surface area contributed by atoms with Crippen LogP contribution in [0.15, 0.2) is 36.7 Å². The Kier molecular flexibility index (Phi) is 8.11. The molecule has 3 aliphatic rings. The van der Waals surface area contributed by atoms with Gasteiger partial charge in [-0.3, -0.25) is 9.89 Å². The third-order valence-corrected chi connectivity index (χ3v) is 7.65. The fourth-order valence-corrected chi connectivity index (χ4v) is 5.63. The van der Waals surface area contributed by atoms with Crippen molar-refractivity contribution in [2.45, 2.75) is 43.6 Å². The third-order valence-electron chi connectivity index (χ3n) is 7.40. The summed E-state index contributed by atoms with van der Waals surface area (Å²) < 4.78 is 0. The quantitative estimate of drug-likeness (QED) is 0.501. The molecule has 3 aromatic rings. The van der Waals surface area contributed by atoms with E-state index in [0.29, 0.717) is 10.9 Å². The van der Waals surface area contributed by atoms with E-state index in [4.69, 9.17) is 11.6 Å². The summed E-state index contributed by atoms with van der Waals surface area (Å²) in [7, 11) is 0. The number of aromatic nitrogens is 3. The van der Waals surface area contributed by atoms with Gasteiger partial charge < -0.3 is 15.1 Å². The van der Waals surface area contributed by atoms with Gasteiger partial charge in [0.2, 0.25) is 5.91 Å². The van der Waals surface area contributed by atoms with Gasteiger partial charge in [0.25, 0.3) is 0 Å². The lowest BCUT2D eigenvalue weighted by atomic mass is 9.89. The molecule has 0 bridgehead atoms. The van der Waals surface area contributed by atoms with Gasteiger partial charge in [-0.1, -0.05) is 23.7 Å². The molecule has 6 rings (SSSR count). The maximum absolute atomic E-state index is 13.8. The van der Waals surface area contributed by atoms with Crippen LogP contribution < -0.4 is 10.2 Å². The highest BCUT2D eigenvalue weighted by atomic mass is 35.5. The molecular weight excluding hydrogens is 507 g/mol. The Morgan fingerprint density at radius 2 is 1.77 bits per heavy atom. The number of nitrogens with one attached hydrogen (secondary N) is 2. The molecular formula is C25H31Cl3N6O. The van der Waals surface area contributed by atoms with E-state index in [1.165, 1.54) is 24.1 Å². The molecule has 4 heterocycles. The van der Waals surface area contributed by atoms with Crippen LogP contribution in [-0.4, -0.2) is 64.8 Å². The molecule has 10 heteroatoms. The molecule has 2 N–H and O–H groups in total. The SMILES string of the molecule is Cl.Cl.O=C([C@@H](c1ccc(Cl)cc1)[C@@H]1CCCN1)N1CCN(c2c(C3CC3)cnc3[nH]ncc23)CC1. The Balaban J connectivity index is 0.00000144. The molecule has 2 atom stereocenters. The van der Waals surface area contributed by atoms with E-state index in [0.717, 1.165) is 62.2 Å². The fourth-order valence-electron chi connectivity index (χ4n) is 5.51. The van der Waals surface area contributed by atoms with E-state index >= 15 is 0 Å². The number of H-pyrrole nitrogens is 1. The molecule has 2 saturated heterocycles. The van der Waals surface area contributed by atoms with Gasteiger partial charge in [-0.25, -0.2) is 4.98 Å². The van der Waals surface area contributed by atoms with Crippen molar-refractivity contribution in [1.29, 1.82) is 0 Å². The van der Waals surface area contributed by atoms with Crippen LogP contribution in [-0.2, 0) is 4.79 Å². The number of rotatable bonds is 5. The number of anilines is 1. The minimum atomic E-state index is -0.167. The van der Waals surface area contributed by atoms with Crippen LogP contribution in [0.4, 0.5) is 5.69 Å². The number of carbonyl (C=O) groups is 1. The lowest BCUT2D eigenvalue weighted by molar-refractivity contribution is -0.133. The zero-order valence-corrected chi connectivity index (χ0v) is 21.8. The summed E-state index contributed by atoms with van der Waals surface area (Å²) in [6.45, 7) is 4.06. The molecule has 7 nitrogen and oxygen atoms in total. The number of hydrogen-bond acceptors (Lipinski definition) is 5. The number of fused-ring (bicyclic) bond motifs is 1. The molecule has 1 saturated carbocycles. The zero-order chi connectivity index (χ0) is 22.4. The van der Waals surface area contributed by atoms with Crippen LogP contribution >= 0.6 is 36.4 Å². The summed E-state index contributed by atoms with van der Waals surface area (Å²) in [5.74, 6) is 0.663. The number of aromatic amines is 1. The summed E-state index contributed by atoms with van der Waals surface area (Å²) in [4.78, 5) is 22.9. The number of piperazine rings is 1. The molecule has 2 aliphatic heterocycles. The highest BCUT2D eigenvalue weighted by Gasteiger charge is 2.37. The van der Waals surface area contributed by atoms with Crippen molar-refractivity contribution >= 4 is 59.0 Å². The van der Waals surface area contributed by atoms with Gasteiger partial charge in [0.15, 0.2) is 5.65 Å². The predicted octanol–water partition coefficient (Wildman–Crippen LogP) is 4.52. The van der Waals surface area contributed by atoms with Crippen molar-refractivity contribution in [3.8, 4) is 0 Å². The van der Waals surface area contributed by atoms with Crippen molar-refractivity contribution < 1.29 is 4.79 Å². The fraction of sp³-hybridized carbons (Fsp3) is 0.480. The van der Waals surface area contributed by atoms with E-state index in [1.54, 1.807) is 0 Å². The number of nitrogens with zero attached hydrogens (tertiary/aromatic N) is 4. The Labute approximate surface area is 222 Å². The van der Waals surface area contributed by atoms with Crippen LogP contribution in [0.5, 0.6) is 0 Å². The molecule has 0 spiro atoms. The van der Waals surface area contributed by atoms with Gasteiger partial charge in [-0.05, 0) is 61.4 Å². The summed E-state index contributed by atoms with van der Waals surface area (Å²) >= 11 is 6.12. The second kappa shape index (κ2) is 10.9. The molecule has 3 fully saturated rings. The first-order valence-electron chi connectivity index (χ1n) is 12.0. The van der Waals surface area contributed by atoms with Crippen LogP contribution in [0.1, 0.15) is 48.6 Å². The molecule has 2 aromatic heterocycles. The average Bonchev–Trinajstić information content (AvgIpc) is 3.33. The second-order valence-corrected chi connectivity index (χ2v) is 9.95. The Morgan fingerprint density at radius 3 is 2.43 bits per heavy atom. The van der Waals surface area contributed by atoms with E-state index in [1.807, 2.05) is 36.7 Å². The van der Waals surface area contributed by atoms with Crippen molar-refractivity contribution in [1.82, 2.24) is 25.4 Å². The number of halogens is 3. The first kappa shape index (κ1) is 26.0. The molecule has 0 radical (unpaired) electrons. The smallest absolute Gasteiger partial charge is 0.231 e. The number of pyridine rings is 1. The minimum Gasteiger partial charge on any atom is -0.367 e. The first-order valence-corrected chi connectivity index (χ1v) is 12.4. The Bertz CT molecular complexity index is 1150. The Hall–Kier alpha value is -2.06. The van der Waals surface area contributed by atoms with E-state index in [2.05, 4.69) is 30.3 Å². The maximum atomic E-state index is 13.8. The van der Waals surface area contributed by atoms with E-state index in [9.17, 15) is 4.79 Å². The first-order chi connectivity index (χ1) is 16.2. The van der Waals surface area contributed by atoms with Crippen molar-refractivity contribution in [3.05, 3.63) is 52.8 Å².